The van der Waals surface area contributed by atoms with E-state index in [4.69, 9.17) is 5.11 Å². The third-order valence-electron chi connectivity index (χ3n) is 2.95. The Kier molecular flexibility index (Phi) is 3.88. The Morgan fingerprint density at radius 2 is 2.09 bits per heavy atom. The van der Waals surface area contributed by atoms with Crippen LogP contribution in [0, 0.1) is 0 Å². The number of hydrogen-bond donors (Lipinski definition) is 1. The number of aliphatic hydroxyl groups is 1. The molecule has 3 aromatic rings. The minimum absolute atomic E-state index is 0.173. The highest BCUT2D eigenvalue weighted by Gasteiger charge is 2.11. The van der Waals surface area contributed by atoms with Crippen molar-refractivity contribution in [3.63, 3.8) is 0 Å². The number of aromatic nitrogens is 6. The summed E-state index contributed by atoms with van der Waals surface area (Å²) in [5.74, 6) is 0. The standard InChI is InChI=1S/C13H12F2N6O/c14-13(15)7-20-4-2-11(18-20)12-6-21(19-17-12)10-1-3-16-9(5-10)8-22/h1-6,13,22H,7-8H2. The van der Waals surface area contributed by atoms with Crippen LogP contribution in [0.15, 0.2) is 36.8 Å². The van der Waals surface area contributed by atoms with E-state index in [9.17, 15) is 8.78 Å². The molecule has 0 radical (unpaired) electrons. The molecule has 0 fully saturated rings. The number of rotatable bonds is 5. The van der Waals surface area contributed by atoms with Gasteiger partial charge < -0.3 is 5.11 Å². The summed E-state index contributed by atoms with van der Waals surface area (Å²) < 4.78 is 27.3. The van der Waals surface area contributed by atoms with Gasteiger partial charge in [-0.25, -0.2) is 13.5 Å². The molecule has 7 nitrogen and oxygen atoms in total. The van der Waals surface area contributed by atoms with E-state index in [2.05, 4.69) is 20.4 Å². The Labute approximate surface area is 123 Å². The van der Waals surface area contributed by atoms with Gasteiger partial charge in [0.25, 0.3) is 6.43 Å². The van der Waals surface area contributed by atoms with E-state index in [1.165, 1.54) is 10.9 Å². The molecule has 0 aromatic carbocycles. The lowest BCUT2D eigenvalue weighted by Crippen LogP contribution is -2.06. The number of aliphatic hydroxyl groups excluding tert-OH is 1. The van der Waals surface area contributed by atoms with E-state index in [0.717, 1.165) is 4.68 Å². The SMILES string of the molecule is OCc1cc(-n2cc(-c3ccn(CC(F)F)n3)nn2)ccn1. The maximum atomic E-state index is 12.3. The molecule has 1 N–H and O–H groups in total. The number of halogens is 2. The summed E-state index contributed by atoms with van der Waals surface area (Å²) in [6.45, 7) is -0.633. The van der Waals surface area contributed by atoms with Crippen LogP contribution in [-0.2, 0) is 13.2 Å². The molecule has 0 bridgehead atoms. The van der Waals surface area contributed by atoms with Crippen LogP contribution >= 0.6 is 0 Å². The molecule has 9 heteroatoms. The van der Waals surface area contributed by atoms with Gasteiger partial charge in [-0.15, -0.1) is 5.10 Å². The van der Waals surface area contributed by atoms with Crippen molar-refractivity contribution in [1.82, 2.24) is 29.8 Å². The van der Waals surface area contributed by atoms with Gasteiger partial charge in [0.05, 0.1) is 24.2 Å². The zero-order chi connectivity index (χ0) is 15.5. The van der Waals surface area contributed by atoms with E-state index in [1.54, 1.807) is 30.6 Å². The Morgan fingerprint density at radius 1 is 1.23 bits per heavy atom. The normalized spacial score (nSPS) is 11.3. The first-order valence-electron chi connectivity index (χ1n) is 6.46. The van der Waals surface area contributed by atoms with E-state index in [0.29, 0.717) is 22.8 Å². The van der Waals surface area contributed by atoms with Gasteiger partial charge in [-0.3, -0.25) is 9.67 Å². The second kappa shape index (κ2) is 5.98. The largest absolute Gasteiger partial charge is 0.390 e. The number of pyridine rings is 1. The molecule has 114 valence electrons. The molecule has 3 heterocycles. The van der Waals surface area contributed by atoms with Crippen LogP contribution in [0.4, 0.5) is 8.78 Å². The van der Waals surface area contributed by atoms with Crippen molar-refractivity contribution in [2.75, 3.05) is 0 Å². The van der Waals surface area contributed by atoms with Crippen LogP contribution in [0.1, 0.15) is 5.69 Å². The maximum absolute atomic E-state index is 12.3. The van der Waals surface area contributed by atoms with Crippen LogP contribution in [-0.4, -0.2) is 41.3 Å². The highest BCUT2D eigenvalue weighted by Crippen LogP contribution is 2.16. The summed E-state index contributed by atoms with van der Waals surface area (Å²) >= 11 is 0. The minimum atomic E-state index is -2.46. The lowest BCUT2D eigenvalue weighted by molar-refractivity contribution is 0.122. The van der Waals surface area contributed by atoms with Gasteiger partial charge >= 0.3 is 0 Å². The Bertz CT molecular complexity index is 769. The average molecular weight is 306 g/mol. The number of nitrogens with zero attached hydrogens (tertiary/aromatic N) is 6. The fourth-order valence-electron chi connectivity index (χ4n) is 1.94. The van der Waals surface area contributed by atoms with Crippen LogP contribution in [0.3, 0.4) is 0 Å². The summed E-state index contributed by atoms with van der Waals surface area (Å²) in [6, 6.07) is 4.99. The molecule has 0 amide bonds. The van der Waals surface area contributed by atoms with Crippen molar-refractivity contribution in [2.45, 2.75) is 19.6 Å². The summed E-state index contributed by atoms with van der Waals surface area (Å²) in [6.07, 6.45) is 2.19. The van der Waals surface area contributed by atoms with Crippen molar-refractivity contribution < 1.29 is 13.9 Å². The van der Waals surface area contributed by atoms with E-state index in [1.807, 2.05) is 0 Å². The van der Waals surface area contributed by atoms with Gasteiger partial charge in [0, 0.05) is 12.4 Å². The molecule has 0 saturated carbocycles. The van der Waals surface area contributed by atoms with Gasteiger partial charge in [-0.1, -0.05) is 5.21 Å². The second-order valence-electron chi connectivity index (χ2n) is 4.53. The second-order valence-corrected chi connectivity index (χ2v) is 4.53. The smallest absolute Gasteiger partial charge is 0.257 e. The Morgan fingerprint density at radius 3 is 2.86 bits per heavy atom. The van der Waals surface area contributed by atoms with Crippen molar-refractivity contribution in [1.29, 1.82) is 0 Å². The van der Waals surface area contributed by atoms with Crippen LogP contribution in [0.2, 0.25) is 0 Å². The quantitative estimate of drug-likeness (QED) is 0.768. The molecule has 3 aromatic heterocycles. The molecule has 0 aliphatic carbocycles. The summed E-state index contributed by atoms with van der Waals surface area (Å²) in [5, 5.41) is 21.1. The van der Waals surface area contributed by atoms with Gasteiger partial charge in [0.1, 0.15) is 17.9 Å². The topological polar surface area (TPSA) is 81.7 Å². The third-order valence-corrected chi connectivity index (χ3v) is 2.95. The summed E-state index contributed by atoms with van der Waals surface area (Å²) in [7, 11) is 0. The lowest BCUT2D eigenvalue weighted by atomic mass is 10.3. The van der Waals surface area contributed by atoms with Gasteiger partial charge in [0.15, 0.2) is 0 Å². The highest BCUT2D eigenvalue weighted by atomic mass is 19.3. The molecular weight excluding hydrogens is 294 g/mol. The van der Waals surface area contributed by atoms with E-state index in [-0.39, 0.29) is 6.61 Å². The van der Waals surface area contributed by atoms with Gasteiger partial charge in [0.2, 0.25) is 0 Å². The molecule has 0 aliphatic heterocycles. The minimum Gasteiger partial charge on any atom is -0.390 e. The lowest BCUT2D eigenvalue weighted by Gasteiger charge is -2.01. The first kappa shape index (κ1) is 14.3. The van der Waals surface area contributed by atoms with Gasteiger partial charge in [-0.05, 0) is 18.2 Å². The zero-order valence-corrected chi connectivity index (χ0v) is 11.3. The first-order chi connectivity index (χ1) is 10.7. The van der Waals surface area contributed by atoms with E-state index >= 15 is 0 Å². The van der Waals surface area contributed by atoms with Crippen molar-refractivity contribution in [3.05, 3.63) is 42.5 Å². The predicted molar refractivity (Wildman–Crippen MR) is 72.3 cm³/mol. The molecule has 3 rings (SSSR count). The Hall–Kier alpha value is -2.68. The van der Waals surface area contributed by atoms with Crippen molar-refractivity contribution >= 4 is 0 Å². The predicted octanol–water partition coefficient (Wildman–Crippen LogP) is 1.28. The molecule has 0 saturated heterocycles. The fourth-order valence-corrected chi connectivity index (χ4v) is 1.94. The summed E-state index contributed by atoms with van der Waals surface area (Å²) in [5.41, 5.74) is 2.12. The average Bonchev–Trinajstić information content (AvgIpc) is 3.15. The molecule has 0 spiro atoms. The van der Waals surface area contributed by atoms with Gasteiger partial charge in [-0.2, -0.15) is 5.10 Å². The third kappa shape index (κ3) is 2.98. The summed E-state index contributed by atoms with van der Waals surface area (Å²) in [4.78, 5) is 3.98. The molecule has 0 atom stereocenters. The fraction of sp³-hybridized carbons (Fsp3) is 0.231. The van der Waals surface area contributed by atoms with Crippen molar-refractivity contribution in [2.24, 2.45) is 0 Å². The van der Waals surface area contributed by atoms with Crippen LogP contribution < -0.4 is 0 Å². The Balaban J connectivity index is 1.85. The monoisotopic (exact) mass is 306 g/mol. The van der Waals surface area contributed by atoms with Crippen molar-refractivity contribution in [3.8, 4) is 17.1 Å². The number of hydrogen-bond acceptors (Lipinski definition) is 5. The molecular formula is C13H12F2N6O. The molecule has 22 heavy (non-hydrogen) atoms. The molecule has 0 aliphatic rings. The first-order valence-corrected chi connectivity index (χ1v) is 6.46. The maximum Gasteiger partial charge on any atom is 0.257 e. The number of alkyl halides is 2. The highest BCUT2D eigenvalue weighted by molar-refractivity contribution is 5.52. The van der Waals surface area contributed by atoms with Crippen LogP contribution in [0.25, 0.3) is 17.1 Å². The molecule has 0 unspecified atom stereocenters. The van der Waals surface area contributed by atoms with Crippen LogP contribution in [0.5, 0.6) is 0 Å². The van der Waals surface area contributed by atoms with E-state index < -0.39 is 13.0 Å². The zero-order valence-electron chi connectivity index (χ0n) is 11.3.